The summed E-state index contributed by atoms with van der Waals surface area (Å²) in [5.41, 5.74) is 1.15. The van der Waals surface area contributed by atoms with Gasteiger partial charge in [0, 0.05) is 52.5 Å². The highest BCUT2D eigenvalue weighted by molar-refractivity contribution is 5.74. The van der Waals surface area contributed by atoms with Crippen molar-refractivity contribution < 1.29 is 9.53 Å². The Bertz CT molecular complexity index is 527. The molecule has 2 aliphatic heterocycles. The fraction of sp³-hybridized carbons (Fsp3) is 0.765. The molecule has 0 spiro atoms. The minimum Gasteiger partial charge on any atom is -0.379 e. The van der Waals surface area contributed by atoms with Crippen LogP contribution in [0.4, 0.5) is 4.79 Å². The third-order valence-electron chi connectivity index (χ3n) is 4.87. The van der Waals surface area contributed by atoms with Gasteiger partial charge in [0.05, 0.1) is 19.4 Å². The second-order valence-electron chi connectivity index (χ2n) is 6.87. The van der Waals surface area contributed by atoms with Crippen LogP contribution in [0, 0.1) is 5.92 Å². The number of urea groups is 1. The molecule has 3 heterocycles. The van der Waals surface area contributed by atoms with Gasteiger partial charge >= 0.3 is 6.03 Å². The first-order valence-corrected chi connectivity index (χ1v) is 9.01. The first-order valence-electron chi connectivity index (χ1n) is 9.01. The first kappa shape index (κ1) is 17.2. The van der Waals surface area contributed by atoms with Crippen LogP contribution >= 0.6 is 0 Å². The standard InChI is InChI=1S/C17H29N5O2/c1-20-12-15(11-19-20)4-5-18-17(23)22-6-2-3-16(14-22)13-21-7-9-24-10-8-21/h11-12,16H,2-10,13-14H2,1H3,(H,18,23)/t16-/m1/s1. The molecule has 0 bridgehead atoms. The molecule has 24 heavy (non-hydrogen) atoms. The van der Waals surface area contributed by atoms with Gasteiger partial charge in [-0.15, -0.1) is 0 Å². The van der Waals surface area contributed by atoms with Crippen molar-refractivity contribution in [1.82, 2.24) is 24.9 Å². The van der Waals surface area contributed by atoms with Gasteiger partial charge in [-0.3, -0.25) is 9.58 Å². The van der Waals surface area contributed by atoms with Crippen molar-refractivity contribution in [3.05, 3.63) is 18.0 Å². The average molecular weight is 335 g/mol. The first-order chi connectivity index (χ1) is 11.7. The van der Waals surface area contributed by atoms with Crippen molar-refractivity contribution >= 4 is 6.03 Å². The molecule has 0 saturated carbocycles. The number of carbonyl (C=O) groups excluding carboxylic acids is 1. The lowest BCUT2D eigenvalue weighted by molar-refractivity contribution is 0.0249. The number of likely N-dealkylation sites (tertiary alicyclic amines) is 1. The van der Waals surface area contributed by atoms with Crippen molar-refractivity contribution in [3.63, 3.8) is 0 Å². The van der Waals surface area contributed by atoms with Gasteiger partial charge in [0.1, 0.15) is 0 Å². The van der Waals surface area contributed by atoms with Gasteiger partial charge in [-0.05, 0) is 30.7 Å². The molecule has 1 N–H and O–H groups in total. The highest BCUT2D eigenvalue weighted by Gasteiger charge is 2.25. The molecular weight excluding hydrogens is 306 g/mol. The molecule has 0 aliphatic carbocycles. The molecule has 2 fully saturated rings. The molecule has 2 saturated heterocycles. The zero-order valence-electron chi connectivity index (χ0n) is 14.6. The number of amides is 2. The van der Waals surface area contributed by atoms with Crippen LogP contribution < -0.4 is 5.32 Å². The van der Waals surface area contributed by atoms with Crippen molar-refractivity contribution in [1.29, 1.82) is 0 Å². The predicted octanol–water partition coefficient (Wildman–Crippen LogP) is 0.716. The quantitative estimate of drug-likeness (QED) is 0.861. The summed E-state index contributed by atoms with van der Waals surface area (Å²) in [6.07, 6.45) is 6.99. The summed E-state index contributed by atoms with van der Waals surface area (Å²) in [6, 6.07) is 0.0746. The Labute approximate surface area is 143 Å². The van der Waals surface area contributed by atoms with Crippen molar-refractivity contribution in [2.24, 2.45) is 13.0 Å². The fourth-order valence-corrected chi connectivity index (χ4v) is 3.57. The molecule has 0 radical (unpaired) electrons. The lowest BCUT2D eigenvalue weighted by atomic mass is 9.97. The number of rotatable bonds is 5. The Morgan fingerprint density at radius 2 is 2.21 bits per heavy atom. The highest BCUT2D eigenvalue weighted by atomic mass is 16.5. The van der Waals surface area contributed by atoms with Crippen molar-refractivity contribution in [2.45, 2.75) is 19.3 Å². The lowest BCUT2D eigenvalue weighted by Crippen LogP contribution is -2.49. The monoisotopic (exact) mass is 335 g/mol. The summed E-state index contributed by atoms with van der Waals surface area (Å²) in [5.74, 6) is 0.584. The third kappa shape index (κ3) is 4.95. The van der Waals surface area contributed by atoms with Crippen LogP contribution in [0.2, 0.25) is 0 Å². The van der Waals surface area contributed by atoms with Gasteiger partial charge in [0.2, 0.25) is 0 Å². The SMILES string of the molecule is Cn1cc(CCNC(=O)N2CCC[C@H](CN3CCOCC3)C2)cn1. The maximum absolute atomic E-state index is 12.4. The summed E-state index contributed by atoms with van der Waals surface area (Å²) >= 11 is 0. The van der Waals surface area contributed by atoms with E-state index in [0.29, 0.717) is 12.5 Å². The summed E-state index contributed by atoms with van der Waals surface area (Å²) in [5, 5.41) is 7.20. The molecule has 7 nitrogen and oxygen atoms in total. The summed E-state index contributed by atoms with van der Waals surface area (Å²) < 4.78 is 7.20. The summed E-state index contributed by atoms with van der Waals surface area (Å²) in [6.45, 7) is 7.21. The molecule has 2 aliphatic rings. The fourth-order valence-electron chi connectivity index (χ4n) is 3.57. The normalized spacial score (nSPS) is 22.5. The number of carbonyl (C=O) groups is 1. The number of aromatic nitrogens is 2. The van der Waals surface area contributed by atoms with Crippen LogP contribution in [0.1, 0.15) is 18.4 Å². The Morgan fingerprint density at radius 1 is 1.38 bits per heavy atom. The predicted molar refractivity (Wildman–Crippen MR) is 91.9 cm³/mol. The minimum atomic E-state index is 0.0746. The molecule has 3 rings (SSSR count). The van der Waals surface area contributed by atoms with E-state index >= 15 is 0 Å². The van der Waals surface area contributed by atoms with E-state index < -0.39 is 0 Å². The van der Waals surface area contributed by atoms with Crippen LogP contribution in [0.15, 0.2) is 12.4 Å². The van der Waals surface area contributed by atoms with Crippen LogP contribution in [0.3, 0.4) is 0 Å². The Hall–Kier alpha value is -1.60. The second kappa shape index (κ2) is 8.48. The largest absolute Gasteiger partial charge is 0.379 e. The van der Waals surface area contributed by atoms with Crippen LogP contribution in [0.25, 0.3) is 0 Å². The Morgan fingerprint density at radius 3 is 2.96 bits per heavy atom. The van der Waals surface area contributed by atoms with E-state index in [0.717, 1.165) is 64.3 Å². The lowest BCUT2D eigenvalue weighted by Gasteiger charge is -2.36. The molecule has 1 aromatic heterocycles. The zero-order valence-corrected chi connectivity index (χ0v) is 14.6. The molecule has 0 aromatic carbocycles. The van der Waals surface area contributed by atoms with Crippen molar-refractivity contribution in [3.8, 4) is 0 Å². The molecule has 0 unspecified atom stereocenters. The maximum Gasteiger partial charge on any atom is 0.317 e. The molecule has 134 valence electrons. The molecule has 1 aromatic rings. The number of hydrogen-bond acceptors (Lipinski definition) is 4. The molecule has 2 amide bonds. The van der Waals surface area contributed by atoms with E-state index in [1.165, 1.54) is 6.42 Å². The van der Waals surface area contributed by atoms with Gasteiger partial charge in [0.25, 0.3) is 0 Å². The average Bonchev–Trinajstić information content (AvgIpc) is 3.01. The topological polar surface area (TPSA) is 62.6 Å². The van der Waals surface area contributed by atoms with Gasteiger partial charge in [-0.1, -0.05) is 0 Å². The number of nitrogens with one attached hydrogen (secondary N) is 1. The zero-order chi connectivity index (χ0) is 16.8. The van der Waals surface area contributed by atoms with E-state index in [2.05, 4.69) is 15.3 Å². The molecule has 1 atom stereocenters. The number of piperidine rings is 1. The number of hydrogen-bond donors (Lipinski definition) is 1. The highest BCUT2D eigenvalue weighted by Crippen LogP contribution is 2.18. The van der Waals surface area contributed by atoms with E-state index in [-0.39, 0.29) is 6.03 Å². The molecule has 7 heteroatoms. The number of nitrogens with zero attached hydrogens (tertiary/aromatic N) is 4. The van der Waals surface area contributed by atoms with Crippen LogP contribution in [-0.4, -0.2) is 78.1 Å². The number of morpholine rings is 1. The van der Waals surface area contributed by atoms with E-state index in [1.54, 1.807) is 4.68 Å². The van der Waals surface area contributed by atoms with E-state index in [4.69, 9.17) is 4.74 Å². The van der Waals surface area contributed by atoms with Crippen molar-refractivity contribution in [2.75, 3.05) is 52.5 Å². The van der Waals surface area contributed by atoms with Gasteiger partial charge < -0.3 is 15.0 Å². The number of aryl methyl sites for hydroxylation is 1. The van der Waals surface area contributed by atoms with Crippen LogP contribution in [-0.2, 0) is 18.2 Å². The maximum atomic E-state index is 12.4. The third-order valence-corrected chi connectivity index (χ3v) is 4.87. The Kier molecular flexibility index (Phi) is 6.09. The summed E-state index contributed by atoms with van der Waals surface area (Å²) in [4.78, 5) is 16.8. The van der Waals surface area contributed by atoms with E-state index in [1.807, 2.05) is 24.3 Å². The van der Waals surface area contributed by atoms with E-state index in [9.17, 15) is 4.79 Å². The van der Waals surface area contributed by atoms with Crippen LogP contribution in [0.5, 0.6) is 0 Å². The number of ether oxygens (including phenoxy) is 1. The summed E-state index contributed by atoms with van der Waals surface area (Å²) in [7, 11) is 1.91. The smallest absolute Gasteiger partial charge is 0.317 e. The second-order valence-corrected chi connectivity index (χ2v) is 6.87. The van der Waals surface area contributed by atoms with Gasteiger partial charge in [0.15, 0.2) is 0 Å². The minimum absolute atomic E-state index is 0.0746. The Balaban J connectivity index is 1.39. The van der Waals surface area contributed by atoms with Gasteiger partial charge in [-0.25, -0.2) is 4.79 Å². The van der Waals surface area contributed by atoms with Gasteiger partial charge in [-0.2, -0.15) is 5.10 Å². The molecular formula is C17H29N5O2.